The molecule has 2 N–H and O–H groups in total. The van der Waals surface area contributed by atoms with Crippen molar-refractivity contribution in [3.63, 3.8) is 0 Å². The van der Waals surface area contributed by atoms with Gasteiger partial charge in [0.25, 0.3) is 5.91 Å². The van der Waals surface area contributed by atoms with Crippen LogP contribution >= 0.6 is 12.4 Å². The Hall–Kier alpha value is -1.59. The minimum absolute atomic E-state index is 0. The van der Waals surface area contributed by atoms with Crippen LogP contribution in [0, 0.1) is 5.92 Å². The van der Waals surface area contributed by atoms with Crippen LogP contribution in [-0.2, 0) is 11.2 Å². The van der Waals surface area contributed by atoms with Gasteiger partial charge in [-0.2, -0.15) is 0 Å². The molecule has 1 atom stereocenters. The van der Waals surface area contributed by atoms with E-state index in [1.165, 1.54) is 6.42 Å². The molecule has 6 heteroatoms. The number of hydrogen-bond donors (Lipinski definition) is 2. The van der Waals surface area contributed by atoms with E-state index in [0.29, 0.717) is 18.0 Å². The molecule has 1 unspecified atom stereocenters. The Balaban J connectivity index is 0.00000192. The SMILES string of the molecule is CC(=O)N1CCc2cc(C(=O)NCCC3CCNC3)ccc21.Cl. The maximum atomic E-state index is 12.2. The molecule has 1 fully saturated rings. The number of amides is 2. The number of rotatable bonds is 4. The van der Waals surface area contributed by atoms with Crippen LogP contribution in [0.1, 0.15) is 35.7 Å². The molecule has 23 heavy (non-hydrogen) atoms. The van der Waals surface area contributed by atoms with Gasteiger partial charge >= 0.3 is 0 Å². The van der Waals surface area contributed by atoms with E-state index in [4.69, 9.17) is 0 Å². The third-order valence-electron chi connectivity index (χ3n) is 4.62. The lowest BCUT2D eigenvalue weighted by Crippen LogP contribution is -2.27. The van der Waals surface area contributed by atoms with Crippen molar-refractivity contribution in [2.45, 2.75) is 26.2 Å². The van der Waals surface area contributed by atoms with Gasteiger partial charge in [0, 0.05) is 31.3 Å². The molecule has 1 aromatic carbocycles. The van der Waals surface area contributed by atoms with Crippen LogP contribution in [0.15, 0.2) is 18.2 Å². The first-order valence-electron chi connectivity index (χ1n) is 8.05. The molecule has 5 nitrogen and oxygen atoms in total. The molecule has 0 aliphatic carbocycles. The fourth-order valence-electron chi connectivity index (χ4n) is 3.32. The van der Waals surface area contributed by atoms with Gasteiger partial charge in [0.2, 0.25) is 5.91 Å². The lowest BCUT2D eigenvalue weighted by Gasteiger charge is -2.15. The fraction of sp³-hybridized carbons (Fsp3) is 0.529. The molecule has 0 spiro atoms. The molecule has 2 aliphatic heterocycles. The number of benzene rings is 1. The van der Waals surface area contributed by atoms with Gasteiger partial charge < -0.3 is 15.5 Å². The molecule has 2 aliphatic rings. The average Bonchev–Trinajstić information content (AvgIpc) is 3.15. The summed E-state index contributed by atoms with van der Waals surface area (Å²) >= 11 is 0. The average molecular weight is 338 g/mol. The van der Waals surface area contributed by atoms with Crippen LogP contribution in [0.2, 0.25) is 0 Å². The summed E-state index contributed by atoms with van der Waals surface area (Å²) in [6, 6.07) is 5.62. The summed E-state index contributed by atoms with van der Waals surface area (Å²) in [5.74, 6) is 0.723. The van der Waals surface area contributed by atoms with Gasteiger partial charge in [0.05, 0.1) is 0 Å². The second-order valence-corrected chi connectivity index (χ2v) is 6.17. The monoisotopic (exact) mass is 337 g/mol. The maximum absolute atomic E-state index is 12.2. The van der Waals surface area contributed by atoms with Crippen LogP contribution in [-0.4, -0.2) is 38.0 Å². The summed E-state index contributed by atoms with van der Waals surface area (Å²) in [7, 11) is 0. The van der Waals surface area contributed by atoms with Crippen LogP contribution in [0.25, 0.3) is 0 Å². The van der Waals surface area contributed by atoms with E-state index >= 15 is 0 Å². The molecule has 0 radical (unpaired) electrons. The van der Waals surface area contributed by atoms with Crippen LogP contribution in [0.4, 0.5) is 5.69 Å². The minimum Gasteiger partial charge on any atom is -0.352 e. The van der Waals surface area contributed by atoms with Crippen LogP contribution < -0.4 is 15.5 Å². The van der Waals surface area contributed by atoms with Crippen molar-refractivity contribution >= 4 is 29.9 Å². The number of carbonyl (C=O) groups is 2. The van der Waals surface area contributed by atoms with Crippen molar-refractivity contribution in [1.82, 2.24) is 10.6 Å². The molecule has 2 amide bonds. The number of halogens is 1. The minimum atomic E-state index is -0.0185. The zero-order valence-corrected chi connectivity index (χ0v) is 14.2. The van der Waals surface area contributed by atoms with Crippen molar-refractivity contribution in [3.8, 4) is 0 Å². The maximum Gasteiger partial charge on any atom is 0.251 e. The second-order valence-electron chi connectivity index (χ2n) is 6.17. The van der Waals surface area contributed by atoms with Crippen molar-refractivity contribution in [2.75, 3.05) is 31.1 Å². The van der Waals surface area contributed by atoms with Gasteiger partial charge in [-0.3, -0.25) is 9.59 Å². The highest BCUT2D eigenvalue weighted by Gasteiger charge is 2.23. The highest BCUT2D eigenvalue weighted by molar-refractivity contribution is 5.97. The van der Waals surface area contributed by atoms with Gasteiger partial charge in [-0.1, -0.05) is 0 Å². The van der Waals surface area contributed by atoms with E-state index in [-0.39, 0.29) is 24.2 Å². The van der Waals surface area contributed by atoms with E-state index in [1.807, 2.05) is 18.2 Å². The van der Waals surface area contributed by atoms with Crippen molar-refractivity contribution < 1.29 is 9.59 Å². The van der Waals surface area contributed by atoms with E-state index in [1.54, 1.807) is 11.8 Å². The molecule has 3 rings (SSSR count). The topological polar surface area (TPSA) is 61.4 Å². The third kappa shape index (κ3) is 4.03. The summed E-state index contributed by atoms with van der Waals surface area (Å²) in [6.45, 7) is 5.17. The molecular weight excluding hydrogens is 314 g/mol. The number of nitrogens with zero attached hydrogens (tertiary/aromatic N) is 1. The summed E-state index contributed by atoms with van der Waals surface area (Å²) in [6.07, 6.45) is 3.06. The molecular formula is C17H24ClN3O2. The summed E-state index contributed by atoms with van der Waals surface area (Å²) in [5, 5.41) is 6.34. The zero-order valence-electron chi connectivity index (χ0n) is 13.4. The first-order chi connectivity index (χ1) is 10.6. The van der Waals surface area contributed by atoms with Gasteiger partial charge in [-0.15, -0.1) is 12.4 Å². The fourth-order valence-corrected chi connectivity index (χ4v) is 3.32. The Kier molecular flexibility index (Phi) is 6.02. The second kappa shape index (κ2) is 7.79. The van der Waals surface area contributed by atoms with Crippen molar-refractivity contribution in [1.29, 1.82) is 0 Å². The van der Waals surface area contributed by atoms with Crippen molar-refractivity contribution in [3.05, 3.63) is 29.3 Å². The van der Waals surface area contributed by atoms with E-state index in [0.717, 1.165) is 43.7 Å². The molecule has 0 saturated carbocycles. The van der Waals surface area contributed by atoms with Crippen LogP contribution in [0.3, 0.4) is 0 Å². The Bertz CT molecular complexity index is 585. The predicted octanol–water partition coefficient (Wildman–Crippen LogP) is 1.75. The molecule has 0 bridgehead atoms. The molecule has 0 aromatic heterocycles. The lowest BCUT2D eigenvalue weighted by atomic mass is 10.0. The smallest absolute Gasteiger partial charge is 0.251 e. The molecule has 1 aromatic rings. The number of carbonyl (C=O) groups excluding carboxylic acids is 2. The first kappa shape index (κ1) is 17.8. The predicted molar refractivity (Wildman–Crippen MR) is 93.3 cm³/mol. The Morgan fingerprint density at radius 1 is 1.39 bits per heavy atom. The van der Waals surface area contributed by atoms with Crippen LogP contribution in [0.5, 0.6) is 0 Å². The summed E-state index contributed by atoms with van der Waals surface area (Å²) < 4.78 is 0. The van der Waals surface area contributed by atoms with E-state index in [2.05, 4.69) is 10.6 Å². The number of anilines is 1. The van der Waals surface area contributed by atoms with E-state index < -0.39 is 0 Å². The summed E-state index contributed by atoms with van der Waals surface area (Å²) in [4.78, 5) is 25.5. The Morgan fingerprint density at radius 2 is 2.22 bits per heavy atom. The van der Waals surface area contributed by atoms with Gasteiger partial charge in [0.1, 0.15) is 0 Å². The third-order valence-corrected chi connectivity index (χ3v) is 4.62. The molecule has 1 saturated heterocycles. The normalized spacial score (nSPS) is 19.2. The van der Waals surface area contributed by atoms with Gasteiger partial charge in [0.15, 0.2) is 0 Å². The lowest BCUT2D eigenvalue weighted by molar-refractivity contribution is -0.116. The molecule has 126 valence electrons. The summed E-state index contributed by atoms with van der Waals surface area (Å²) in [5.41, 5.74) is 2.72. The Morgan fingerprint density at radius 3 is 2.91 bits per heavy atom. The van der Waals surface area contributed by atoms with Gasteiger partial charge in [-0.25, -0.2) is 0 Å². The van der Waals surface area contributed by atoms with Crippen molar-refractivity contribution in [2.24, 2.45) is 5.92 Å². The Labute approximate surface area is 143 Å². The highest BCUT2D eigenvalue weighted by Crippen LogP contribution is 2.28. The standard InChI is InChI=1S/C17H23N3O2.ClH/c1-12(21)20-9-6-14-10-15(2-3-16(14)20)17(22)19-8-5-13-4-7-18-11-13;/h2-3,10,13,18H,4-9,11H2,1H3,(H,19,22);1H. The number of hydrogen-bond acceptors (Lipinski definition) is 3. The highest BCUT2D eigenvalue weighted by atomic mass is 35.5. The largest absolute Gasteiger partial charge is 0.352 e. The number of nitrogens with one attached hydrogen (secondary N) is 2. The molecule has 2 heterocycles. The quantitative estimate of drug-likeness (QED) is 0.880. The zero-order chi connectivity index (χ0) is 15.5. The van der Waals surface area contributed by atoms with E-state index in [9.17, 15) is 9.59 Å². The number of fused-ring (bicyclic) bond motifs is 1. The first-order valence-corrected chi connectivity index (χ1v) is 8.05. The van der Waals surface area contributed by atoms with Gasteiger partial charge in [-0.05, 0) is 62.0 Å².